The standard InChI is InChI=1S/C25H24Cl3F3N4/c1-5-33(11-17-6-7-18(26)19(27)10-17)12-20-23(25(29,30)31)32-24-34(20)13-21(28)35(24)22-15(3)8-14(2)9-16(22)4/h6-10,13H,5,11-12H2,1-4H3. The highest BCUT2D eigenvalue weighted by Crippen LogP contribution is 2.36. The minimum Gasteiger partial charge on any atom is -0.294 e. The molecule has 0 radical (unpaired) electrons. The first-order chi connectivity index (χ1) is 16.4. The Morgan fingerprint density at radius 1 is 0.943 bits per heavy atom. The summed E-state index contributed by atoms with van der Waals surface area (Å²) in [5.74, 6) is 0.123. The van der Waals surface area contributed by atoms with Crippen LogP contribution in [-0.2, 0) is 19.3 Å². The topological polar surface area (TPSA) is 25.5 Å². The van der Waals surface area contributed by atoms with E-state index in [4.69, 9.17) is 34.8 Å². The number of aryl methyl sites for hydroxylation is 3. The van der Waals surface area contributed by atoms with Crippen molar-refractivity contribution in [1.82, 2.24) is 18.9 Å². The van der Waals surface area contributed by atoms with Gasteiger partial charge in [0.15, 0.2) is 5.69 Å². The number of aromatic nitrogens is 3. The first-order valence-electron chi connectivity index (χ1n) is 11.0. The van der Waals surface area contributed by atoms with Crippen LogP contribution in [0.15, 0.2) is 36.5 Å². The Morgan fingerprint density at radius 2 is 1.60 bits per heavy atom. The molecule has 0 atom stereocenters. The molecule has 0 bridgehead atoms. The van der Waals surface area contributed by atoms with Crippen LogP contribution >= 0.6 is 34.8 Å². The third kappa shape index (κ3) is 5.05. The zero-order chi connectivity index (χ0) is 25.7. The number of imidazole rings is 2. The van der Waals surface area contributed by atoms with Crippen molar-refractivity contribution in [3.8, 4) is 5.69 Å². The van der Waals surface area contributed by atoms with Crippen molar-refractivity contribution in [3.05, 3.63) is 85.4 Å². The Kier molecular flexibility index (Phi) is 7.17. The van der Waals surface area contributed by atoms with Gasteiger partial charge in [0.25, 0.3) is 0 Å². The molecule has 0 aliphatic carbocycles. The third-order valence-electron chi connectivity index (χ3n) is 5.98. The first kappa shape index (κ1) is 25.9. The van der Waals surface area contributed by atoms with Gasteiger partial charge in [-0.05, 0) is 56.1 Å². The molecule has 0 spiro atoms. The number of hydrogen-bond acceptors (Lipinski definition) is 2. The molecule has 2 aromatic heterocycles. The second-order valence-electron chi connectivity index (χ2n) is 8.66. The molecule has 0 aliphatic heterocycles. The lowest BCUT2D eigenvalue weighted by atomic mass is 10.1. The van der Waals surface area contributed by atoms with E-state index in [0.717, 1.165) is 27.9 Å². The number of nitrogens with zero attached hydrogens (tertiary/aromatic N) is 4. The van der Waals surface area contributed by atoms with Crippen LogP contribution in [0.25, 0.3) is 11.5 Å². The fraction of sp³-hybridized carbons (Fsp3) is 0.320. The lowest BCUT2D eigenvalue weighted by Gasteiger charge is -2.21. The van der Waals surface area contributed by atoms with Gasteiger partial charge in [-0.2, -0.15) is 13.2 Å². The van der Waals surface area contributed by atoms with Crippen molar-refractivity contribution in [3.63, 3.8) is 0 Å². The van der Waals surface area contributed by atoms with Gasteiger partial charge in [0.2, 0.25) is 5.78 Å². The van der Waals surface area contributed by atoms with E-state index in [1.54, 1.807) is 16.7 Å². The van der Waals surface area contributed by atoms with Crippen molar-refractivity contribution in [1.29, 1.82) is 0 Å². The van der Waals surface area contributed by atoms with E-state index in [-0.39, 0.29) is 23.2 Å². The van der Waals surface area contributed by atoms with Gasteiger partial charge in [-0.3, -0.25) is 13.9 Å². The van der Waals surface area contributed by atoms with E-state index in [2.05, 4.69) is 4.98 Å². The maximum atomic E-state index is 14.1. The summed E-state index contributed by atoms with van der Waals surface area (Å²) >= 11 is 18.7. The first-order valence-corrected chi connectivity index (χ1v) is 12.1. The molecule has 0 saturated carbocycles. The average molecular weight is 544 g/mol. The van der Waals surface area contributed by atoms with Crippen LogP contribution in [-0.4, -0.2) is 25.4 Å². The fourth-order valence-electron chi connectivity index (χ4n) is 4.50. The maximum Gasteiger partial charge on any atom is 0.435 e. The summed E-state index contributed by atoms with van der Waals surface area (Å²) in [4.78, 5) is 5.94. The monoisotopic (exact) mass is 542 g/mol. The number of benzene rings is 2. The van der Waals surface area contributed by atoms with Gasteiger partial charge >= 0.3 is 6.18 Å². The molecule has 4 nitrogen and oxygen atoms in total. The highest BCUT2D eigenvalue weighted by Gasteiger charge is 2.39. The highest BCUT2D eigenvalue weighted by atomic mass is 35.5. The summed E-state index contributed by atoms with van der Waals surface area (Å²) in [6.07, 6.45) is -3.13. The van der Waals surface area contributed by atoms with Crippen molar-refractivity contribution in [2.45, 2.75) is 47.0 Å². The lowest BCUT2D eigenvalue weighted by molar-refractivity contribution is -0.141. The number of rotatable bonds is 6. The van der Waals surface area contributed by atoms with Gasteiger partial charge in [0.1, 0.15) is 5.15 Å². The van der Waals surface area contributed by atoms with Crippen LogP contribution in [0.5, 0.6) is 0 Å². The fourth-order valence-corrected chi connectivity index (χ4v) is 5.08. The van der Waals surface area contributed by atoms with Crippen molar-refractivity contribution >= 4 is 40.6 Å². The average Bonchev–Trinajstić information content (AvgIpc) is 3.25. The predicted octanol–water partition coefficient (Wildman–Crippen LogP) is 8.05. The normalized spacial score (nSPS) is 12.3. The SMILES string of the molecule is CCN(Cc1ccc(Cl)c(Cl)c1)Cc1c(C(F)(F)F)nc2n(-c3c(C)cc(C)cc3C)c(Cl)cn12. The van der Waals surface area contributed by atoms with E-state index in [1.165, 1.54) is 10.6 Å². The molecule has 2 aromatic carbocycles. The van der Waals surface area contributed by atoms with Crippen LogP contribution in [0.2, 0.25) is 15.2 Å². The summed E-state index contributed by atoms with van der Waals surface area (Å²) < 4.78 is 45.4. The Labute approximate surface area is 216 Å². The van der Waals surface area contributed by atoms with E-state index in [1.807, 2.05) is 50.8 Å². The number of hydrogen-bond donors (Lipinski definition) is 0. The van der Waals surface area contributed by atoms with Crippen LogP contribution < -0.4 is 0 Å². The maximum absolute atomic E-state index is 14.1. The quantitative estimate of drug-likeness (QED) is 0.246. The minimum absolute atomic E-state index is 0.0129. The van der Waals surface area contributed by atoms with E-state index < -0.39 is 11.9 Å². The molecule has 10 heteroatoms. The van der Waals surface area contributed by atoms with E-state index in [0.29, 0.717) is 23.1 Å². The van der Waals surface area contributed by atoms with E-state index in [9.17, 15) is 13.2 Å². The molecule has 2 heterocycles. The lowest BCUT2D eigenvalue weighted by Crippen LogP contribution is -2.25. The van der Waals surface area contributed by atoms with Crippen LogP contribution in [0.3, 0.4) is 0 Å². The van der Waals surface area contributed by atoms with E-state index >= 15 is 0 Å². The summed E-state index contributed by atoms with van der Waals surface area (Å²) in [7, 11) is 0. The van der Waals surface area contributed by atoms with Crippen LogP contribution in [0, 0.1) is 20.8 Å². The minimum atomic E-state index is -4.63. The molecule has 186 valence electrons. The summed E-state index contributed by atoms with van der Waals surface area (Å²) in [5, 5.41) is 1.11. The Bertz CT molecular complexity index is 1380. The van der Waals surface area contributed by atoms with Gasteiger partial charge in [0.05, 0.1) is 21.4 Å². The molecule has 0 N–H and O–H groups in total. The number of halogens is 6. The van der Waals surface area contributed by atoms with Crippen LogP contribution in [0.1, 0.15) is 40.6 Å². The molecule has 0 saturated heterocycles. The highest BCUT2D eigenvalue weighted by molar-refractivity contribution is 6.42. The van der Waals surface area contributed by atoms with Crippen molar-refractivity contribution in [2.75, 3.05) is 6.54 Å². The molecular formula is C25H24Cl3F3N4. The molecule has 0 fully saturated rings. The molecule has 0 amide bonds. The van der Waals surface area contributed by atoms with Crippen molar-refractivity contribution < 1.29 is 13.2 Å². The largest absolute Gasteiger partial charge is 0.435 e. The Hall–Kier alpha value is -2.19. The van der Waals surface area contributed by atoms with Gasteiger partial charge in [0, 0.05) is 19.3 Å². The van der Waals surface area contributed by atoms with Crippen molar-refractivity contribution in [2.24, 2.45) is 0 Å². The second-order valence-corrected chi connectivity index (χ2v) is 9.86. The molecule has 4 aromatic rings. The zero-order valence-electron chi connectivity index (χ0n) is 19.6. The smallest absolute Gasteiger partial charge is 0.294 e. The Balaban J connectivity index is 1.83. The third-order valence-corrected chi connectivity index (χ3v) is 6.98. The van der Waals surface area contributed by atoms with Crippen LogP contribution in [0.4, 0.5) is 13.2 Å². The number of alkyl halides is 3. The molecule has 0 unspecified atom stereocenters. The number of fused-ring (bicyclic) bond motifs is 1. The Morgan fingerprint density at radius 3 is 2.17 bits per heavy atom. The zero-order valence-corrected chi connectivity index (χ0v) is 21.9. The van der Waals surface area contributed by atoms with Gasteiger partial charge in [-0.25, -0.2) is 4.98 Å². The molecule has 0 aliphatic rings. The molecule has 4 rings (SSSR count). The van der Waals surface area contributed by atoms with Gasteiger partial charge in [-0.1, -0.05) is 65.5 Å². The molecular weight excluding hydrogens is 520 g/mol. The summed E-state index contributed by atoms with van der Waals surface area (Å²) in [5.41, 5.74) is 3.53. The predicted molar refractivity (Wildman–Crippen MR) is 135 cm³/mol. The second kappa shape index (κ2) is 9.69. The molecule has 35 heavy (non-hydrogen) atoms. The summed E-state index contributed by atoms with van der Waals surface area (Å²) in [6.45, 7) is 8.59. The summed E-state index contributed by atoms with van der Waals surface area (Å²) in [6, 6.07) is 9.15. The van der Waals surface area contributed by atoms with Gasteiger partial charge < -0.3 is 0 Å². The van der Waals surface area contributed by atoms with Gasteiger partial charge in [-0.15, -0.1) is 0 Å².